The standard InChI is InChI=1S/C18H25N3O4/c1-11(2)15(12-6-8-13(25-5)9-7-12)19-14(22)10-21-16(23)18(3,4)20-17(21)24/h6-9,11,15H,10H2,1-5H3,(H,19,22)(H,20,24). The minimum atomic E-state index is -0.981. The van der Waals surface area contributed by atoms with Gasteiger partial charge >= 0.3 is 6.03 Å². The highest BCUT2D eigenvalue weighted by Crippen LogP contribution is 2.24. The summed E-state index contributed by atoms with van der Waals surface area (Å²) in [4.78, 5) is 37.4. The van der Waals surface area contributed by atoms with Crippen LogP contribution in [0.25, 0.3) is 0 Å². The number of nitrogens with zero attached hydrogens (tertiary/aromatic N) is 1. The monoisotopic (exact) mass is 347 g/mol. The minimum Gasteiger partial charge on any atom is -0.497 e. The number of urea groups is 1. The maximum atomic E-state index is 12.4. The van der Waals surface area contributed by atoms with Crippen LogP contribution >= 0.6 is 0 Å². The van der Waals surface area contributed by atoms with Gasteiger partial charge in [0.25, 0.3) is 5.91 Å². The fourth-order valence-corrected chi connectivity index (χ4v) is 2.77. The second kappa shape index (κ2) is 7.13. The van der Waals surface area contributed by atoms with E-state index >= 15 is 0 Å². The molecule has 7 nitrogen and oxygen atoms in total. The number of amides is 4. The SMILES string of the molecule is COc1ccc(C(NC(=O)CN2C(=O)NC(C)(C)C2=O)C(C)C)cc1. The van der Waals surface area contributed by atoms with Crippen molar-refractivity contribution in [3.05, 3.63) is 29.8 Å². The van der Waals surface area contributed by atoms with Crippen molar-refractivity contribution >= 4 is 17.8 Å². The van der Waals surface area contributed by atoms with Gasteiger partial charge in [-0.25, -0.2) is 4.79 Å². The van der Waals surface area contributed by atoms with Gasteiger partial charge in [-0.3, -0.25) is 14.5 Å². The van der Waals surface area contributed by atoms with Gasteiger partial charge in [-0.15, -0.1) is 0 Å². The van der Waals surface area contributed by atoms with Crippen LogP contribution in [0.4, 0.5) is 4.79 Å². The third kappa shape index (κ3) is 4.10. The molecule has 7 heteroatoms. The molecule has 0 spiro atoms. The lowest BCUT2D eigenvalue weighted by Gasteiger charge is -2.24. The van der Waals surface area contributed by atoms with E-state index in [0.717, 1.165) is 16.2 Å². The molecule has 1 aliphatic heterocycles. The third-order valence-corrected chi connectivity index (χ3v) is 4.20. The normalized spacial score (nSPS) is 17.4. The summed E-state index contributed by atoms with van der Waals surface area (Å²) in [6.07, 6.45) is 0. The molecule has 0 aromatic heterocycles. The van der Waals surface area contributed by atoms with Gasteiger partial charge < -0.3 is 15.4 Å². The van der Waals surface area contributed by atoms with Crippen LogP contribution in [0.15, 0.2) is 24.3 Å². The number of carbonyl (C=O) groups is 3. The Morgan fingerprint density at radius 1 is 1.24 bits per heavy atom. The molecule has 1 saturated heterocycles. The van der Waals surface area contributed by atoms with Crippen molar-refractivity contribution in [3.63, 3.8) is 0 Å². The number of benzene rings is 1. The van der Waals surface area contributed by atoms with Crippen LogP contribution in [0.5, 0.6) is 5.75 Å². The third-order valence-electron chi connectivity index (χ3n) is 4.20. The van der Waals surface area contributed by atoms with Crippen molar-refractivity contribution in [1.82, 2.24) is 15.5 Å². The molecule has 0 saturated carbocycles. The molecule has 1 aliphatic rings. The second-order valence-corrected chi connectivity index (χ2v) is 7.01. The summed E-state index contributed by atoms with van der Waals surface area (Å²) in [5, 5.41) is 5.47. The summed E-state index contributed by atoms with van der Waals surface area (Å²) in [5.74, 6) is 0.0879. The molecule has 1 atom stereocenters. The smallest absolute Gasteiger partial charge is 0.325 e. The van der Waals surface area contributed by atoms with E-state index < -0.39 is 17.5 Å². The predicted molar refractivity (Wildman–Crippen MR) is 93.0 cm³/mol. The Kier molecular flexibility index (Phi) is 5.35. The quantitative estimate of drug-likeness (QED) is 0.769. The van der Waals surface area contributed by atoms with Gasteiger partial charge in [0.2, 0.25) is 5.91 Å². The van der Waals surface area contributed by atoms with Crippen LogP contribution in [-0.2, 0) is 9.59 Å². The first kappa shape index (κ1) is 18.8. The summed E-state index contributed by atoms with van der Waals surface area (Å²) in [6.45, 7) is 6.91. The Morgan fingerprint density at radius 2 is 1.84 bits per heavy atom. The Labute approximate surface area is 147 Å². The van der Waals surface area contributed by atoms with Crippen molar-refractivity contribution in [3.8, 4) is 5.75 Å². The van der Waals surface area contributed by atoms with Gasteiger partial charge in [0.05, 0.1) is 13.2 Å². The predicted octanol–water partition coefficient (Wildman–Crippen LogP) is 1.84. The Morgan fingerprint density at radius 3 is 2.28 bits per heavy atom. The molecule has 25 heavy (non-hydrogen) atoms. The summed E-state index contributed by atoms with van der Waals surface area (Å²) in [5.41, 5.74) is -0.0492. The molecule has 2 N–H and O–H groups in total. The lowest BCUT2D eigenvalue weighted by atomic mass is 9.96. The first-order valence-corrected chi connectivity index (χ1v) is 8.23. The highest BCUT2D eigenvalue weighted by Gasteiger charge is 2.45. The second-order valence-electron chi connectivity index (χ2n) is 7.01. The van der Waals surface area contributed by atoms with E-state index in [1.807, 2.05) is 38.1 Å². The van der Waals surface area contributed by atoms with E-state index in [2.05, 4.69) is 10.6 Å². The van der Waals surface area contributed by atoms with Crippen LogP contribution in [0.3, 0.4) is 0 Å². The van der Waals surface area contributed by atoms with Crippen LogP contribution in [0, 0.1) is 5.92 Å². The fourth-order valence-electron chi connectivity index (χ4n) is 2.77. The van der Waals surface area contributed by atoms with Gasteiger partial charge in [0.15, 0.2) is 0 Å². The number of imide groups is 1. The first-order valence-electron chi connectivity index (χ1n) is 8.23. The van der Waals surface area contributed by atoms with Crippen LogP contribution < -0.4 is 15.4 Å². The maximum Gasteiger partial charge on any atom is 0.325 e. The lowest BCUT2D eigenvalue weighted by Crippen LogP contribution is -2.44. The Balaban J connectivity index is 2.08. The summed E-state index contributed by atoms with van der Waals surface area (Å²) < 4.78 is 5.15. The maximum absolute atomic E-state index is 12.4. The van der Waals surface area contributed by atoms with Gasteiger partial charge in [0, 0.05) is 0 Å². The molecule has 2 rings (SSSR count). The average molecular weight is 347 g/mol. The summed E-state index contributed by atoms with van der Waals surface area (Å²) in [7, 11) is 1.59. The van der Waals surface area contributed by atoms with Crippen molar-refractivity contribution in [1.29, 1.82) is 0 Å². The van der Waals surface area contributed by atoms with E-state index in [9.17, 15) is 14.4 Å². The number of hydrogen-bond donors (Lipinski definition) is 2. The number of rotatable bonds is 6. The van der Waals surface area contributed by atoms with Gasteiger partial charge in [-0.1, -0.05) is 26.0 Å². The van der Waals surface area contributed by atoms with Gasteiger partial charge in [0.1, 0.15) is 17.8 Å². The Hall–Kier alpha value is -2.57. The van der Waals surface area contributed by atoms with Crippen molar-refractivity contribution in [2.45, 2.75) is 39.3 Å². The molecular weight excluding hydrogens is 322 g/mol. The van der Waals surface area contributed by atoms with E-state index in [0.29, 0.717) is 0 Å². The zero-order valence-electron chi connectivity index (χ0n) is 15.3. The molecule has 1 aromatic rings. The number of methoxy groups -OCH3 is 1. The first-order chi connectivity index (χ1) is 11.7. The van der Waals surface area contributed by atoms with Crippen LogP contribution in [0.2, 0.25) is 0 Å². The largest absolute Gasteiger partial charge is 0.497 e. The zero-order chi connectivity index (χ0) is 18.8. The van der Waals surface area contributed by atoms with Crippen molar-refractivity contribution < 1.29 is 19.1 Å². The zero-order valence-corrected chi connectivity index (χ0v) is 15.3. The fraction of sp³-hybridized carbons (Fsp3) is 0.500. The Bertz CT molecular complexity index is 667. The van der Waals surface area contributed by atoms with Crippen molar-refractivity contribution in [2.75, 3.05) is 13.7 Å². The molecule has 4 amide bonds. The molecule has 1 heterocycles. The number of carbonyl (C=O) groups excluding carboxylic acids is 3. The van der Waals surface area contributed by atoms with Crippen LogP contribution in [0.1, 0.15) is 39.3 Å². The lowest BCUT2D eigenvalue weighted by molar-refractivity contribution is -0.134. The summed E-state index contributed by atoms with van der Waals surface area (Å²) >= 11 is 0. The molecule has 1 unspecified atom stereocenters. The van der Waals surface area contributed by atoms with Gasteiger partial charge in [-0.2, -0.15) is 0 Å². The minimum absolute atomic E-state index is 0.136. The molecule has 1 aromatic carbocycles. The topological polar surface area (TPSA) is 87.7 Å². The number of nitrogens with one attached hydrogen (secondary N) is 2. The van der Waals surface area contributed by atoms with Crippen molar-refractivity contribution in [2.24, 2.45) is 5.92 Å². The van der Waals surface area contributed by atoms with E-state index in [1.165, 1.54) is 0 Å². The molecule has 1 fully saturated rings. The molecule has 0 radical (unpaired) electrons. The molecular formula is C18H25N3O4. The van der Waals surface area contributed by atoms with Crippen LogP contribution in [-0.4, -0.2) is 41.9 Å². The van der Waals surface area contributed by atoms with E-state index in [-0.39, 0.29) is 24.4 Å². The number of ether oxygens (including phenoxy) is 1. The molecule has 136 valence electrons. The highest BCUT2D eigenvalue weighted by molar-refractivity contribution is 6.08. The highest BCUT2D eigenvalue weighted by atomic mass is 16.5. The molecule has 0 aliphatic carbocycles. The van der Waals surface area contributed by atoms with E-state index in [1.54, 1.807) is 21.0 Å². The number of hydrogen-bond acceptors (Lipinski definition) is 4. The molecule has 0 bridgehead atoms. The van der Waals surface area contributed by atoms with E-state index in [4.69, 9.17) is 4.74 Å². The summed E-state index contributed by atoms with van der Waals surface area (Å²) in [6, 6.07) is 6.66. The van der Waals surface area contributed by atoms with Gasteiger partial charge in [-0.05, 0) is 37.5 Å². The average Bonchev–Trinajstić information content (AvgIpc) is 2.74.